The Morgan fingerprint density at radius 2 is 1.83 bits per heavy atom. The summed E-state index contributed by atoms with van der Waals surface area (Å²) >= 11 is 0. The highest BCUT2D eigenvalue weighted by Crippen LogP contribution is 2.19. The van der Waals surface area contributed by atoms with E-state index in [0.29, 0.717) is 5.75 Å². The first-order valence-corrected chi connectivity index (χ1v) is 5.21. The smallest absolute Gasteiger partial charge is 0.350 e. The number of carbonyl (C=O) groups is 2. The van der Waals surface area contributed by atoms with Crippen LogP contribution in [0.25, 0.3) is 0 Å². The lowest BCUT2D eigenvalue weighted by Gasteiger charge is -2.23. The van der Waals surface area contributed by atoms with Crippen molar-refractivity contribution in [3.05, 3.63) is 30.1 Å². The number of esters is 1. The molecule has 1 aromatic carbocycles. The van der Waals surface area contributed by atoms with E-state index in [0.717, 1.165) is 0 Å². The van der Waals surface area contributed by atoms with E-state index in [1.165, 1.54) is 38.1 Å². The van der Waals surface area contributed by atoms with Crippen molar-refractivity contribution in [3.8, 4) is 5.75 Å². The van der Waals surface area contributed by atoms with E-state index in [9.17, 15) is 14.0 Å². The fourth-order valence-electron chi connectivity index (χ4n) is 1.15. The summed E-state index contributed by atoms with van der Waals surface area (Å²) < 4.78 is 22.7. The van der Waals surface area contributed by atoms with Gasteiger partial charge in [0.1, 0.15) is 11.6 Å². The Labute approximate surface area is 104 Å². The van der Waals surface area contributed by atoms with Gasteiger partial charge in [-0.2, -0.15) is 0 Å². The van der Waals surface area contributed by atoms with Gasteiger partial charge in [-0.1, -0.05) is 0 Å². The average Bonchev–Trinajstić information content (AvgIpc) is 2.28. The maximum Gasteiger partial charge on any atom is 0.350 e. The molecule has 0 radical (unpaired) electrons. The van der Waals surface area contributed by atoms with E-state index in [4.69, 9.17) is 10.5 Å². The summed E-state index contributed by atoms with van der Waals surface area (Å²) in [6.45, 7) is 2.44. The Morgan fingerprint density at radius 1 is 1.28 bits per heavy atom. The van der Waals surface area contributed by atoms with E-state index in [1.54, 1.807) is 0 Å². The molecular weight excluding hydrogens is 241 g/mol. The van der Waals surface area contributed by atoms with Crippen LogP contribution in [-0.2, 0) is 14.3 Å². The second kappa shape index (κ2) is 5.48. The van der Waals surface area contributed by atoms with Crippen LogP contribution in [0.5, 0.6) is 5.75 Å². The Hall–Kier alpha value is -2.11. The second-order valence-electron chi connectivity index (χ2n) is 4.11. The molecule has 0 unspecified atom stereocenters. The monoisotopic (exact) mass is 255 g/mol. The van der Waals surface area contributed by atoms with Gasteiger partial charge in [0.25, 0.3) is 5.91 Å². The zero-order chi connectivity index (χ0) is 13.8. The lowest BCUT2D eigenvalue weighted by Crippen LogP contribution is -2.41. The van der Waals surface area contributed by atoms with E-state index in [1.807, 2.05) is 0 Å². The molecule has 0 bridgehead atoms. The van der Waals surface area contributed by atoms with Crippen LogP contribution in [0.4, 0.5) is 4.39 Å². The molecule has 2 N–H and O–H groups in total. The first kappa shape index (κ1) is 14.0. The topological polar surface area (TPSA) is 78.6 Å². The third kappa shape index (κ3) is 4.04. The van der Waals surface area contributed by atoms with E-state index in [2.05, 4.69) is 4.74 Å². The number of benzene rings is 1. The van der Waals surface area contributed by atoms with Gasteiger partial charge >= 0.3 is 5.97 Å². The first-order valence-electron chi connectivity index (χ1n) is 5.21. The van der Waals surface area contributed by atoms with Crippen molar-refractivity contribution in [1.29, 1.82) is 0 Å². The molecule has 0 saturated heterocycles. The standard InChI is InChI=1S/C12H14FNO4/c1-12(2,11(16)17-7-10(14)15)18-9-5-3-8(13)4-6-9/h3-6H,7H2,1-2H3,(H2,14,15). The molecule has 1 rings (SSSR count). The van der Waals surface area contributed by atoms with Crippen molar-refractivity contribution < 1.29 is 23.5 Å². The van der Waals surface area contributed by atoms with Gasteiger partial charge in [0, 0.05) is 0 Å². The predicted octanol–water partition coefficient (Wildman–Crippen LogP) is 1.01. The summed E-state index contributed by atoms with van der Waals surface area (Å²) in [5, 5.41) is 0. The molecule has 0 aliphatic heterocycles. The van der Waals surface area contributed by atoms with Crippen molar-refractivity contribution in [2.45, 2.75) is 19.4 Å². The maximum absolute atomic E-state index is 12.7. The molecule has 1 aromatic rings. The van der Waals surface area contributed by atoms with Crippen molar-refractivity contribution >= 4 is 11.9 Å². The van der Waals surface area contributed by atoms with Crippen LogP contribution in [0.15, 0.2) is 24.3 Å². The lowest BCUT2D eigenvalue weighted by molar-refractivity contribution is -0.161. The zero-order valence-corrected chi connectivity index (χ0v) is 10.1. The zero-order valence-electron chi connectivity index (χ0n) is 10.1. The number of carbonyl (C=O) groups excluding carboxylic acids is 2. The quantitative estimate of drug-likeness (QED) is 0.796. The molecule has 6 heteroatoms. The van der Waals surface area contributed by atoms with Gasteiger partial charge in [0.2, 0.25) is 0 Å². The van der Waals surface area contributed by atoms with Crippen molar-refractivity contribution in [2.75, 3.05) is 6.61 Å². The number of ether oxygens (including phenoxy) is 2. The first-order chi connectivity index (χ1) is 8.31. The minimum Gasteiger partial charge on any atom is -0.476 e. The molecule has 0 heterocycles. The molecule has 0 aliphatic carbocycles. The fourth-order valence-corrected chi connectivity index (χ4v) is 1.15. The molecule has 18 heavy (non-hydrogen) atoms. The highest BCUT2D eigenvalue weighted by atomic mass is 19.1. The van der Waals surface area contributed by atoms with Crippen LogP contribution in [0.1, 0.15) is 13.8 Å². The number of primary amides is 1. The summed E-state index contributed by atoms with van der Waals surface area (Å²) in [6.07, 6.45) is 0. The summed E-state index contributed by atoms with van der Waals surface area (Å²) in [5.41, 5.74) is 3.56. The normalized spacial score (nSPS) is 10.8. The van der Waals surface area contributed by atoms with Crippen molar-refractivity contribution in [2.24, 2.45) is 5.73 Å². The van der Waals surface area contributed by atoms with Gasteiger partial charge in [-0.15, -0.1) is 0 Å². The number of amides is 1. The van der Waals surface area contributed by atoms with Crippen LogP contribution >= 0.6 is 0 Å². The number of halogens is 1. The Morgan fingerprint density at radius 3 is 2.33 bits per heavy atom. The summed E-state index contributed by atoms with van der Waals surface area (Å²) in [5.74, 6) is -1.57. The SMILES string of the molecule is CC(C)(Oc1ccc(F)cc1)C(=O)OCC(N)=O. The number of rotatable bonds is 5. The molecule has 0 spiro atoms. The van der Waals surface area contributed by atoms with Gasteiger partial charge in [0.15, 0.2) is 12.2 Å². The number of hydrogen-bond donors (Lipinski definition) is 1. The van der Waals surface area contributed by atoms with Gasteiger partial charge in [-0.3, -0.25) is 4.79 Å². The van der Waals surface area contributed by atoms with Crippen molar-refractivity contribution in [1.82, 2.24) is 0 Å². The Balaban J connectivity index is 2.65. The molecule has 0 aromatic heterocycles. The molecule has 0 fully saturated rings. The minimum absolute atomic E-state index is 0.317. The Kier molecular flexibility index (Phi) is 4.25. The third-order valence-corrected chi connectivity index (χ3v) is 2.02. The molecule has 98 valence electrons. The summed E-state index contributed by atoms with van der Waals surface area (Å²) in [7, 11) is 0. The predicted molar refractivity (Wildman–Crippen MR) is 61.3 cm³/mol. The molecule has 0 saturated carbocycles. The minimum atomic E-state index is -1.30. The van der Waals surface area contributed by atoms with Gasteiger partial charge in [-0.05, 0) is 38.1 Å². The molecule has 0 atom stereocenters. The number of nitrogens with two attached hydrogens (primary N) is 1. The van der Waals surface area contributed by atoms with Crippen LogP contribution in [0.2, 0.25) is 0 Å². The van der Waals surface area contributed by atoms with Crippen LogP contribution in [-0.4, -0.2) is 24.1 Å². The Bertz CT molecular complexity index is 442. The largest absolute Gasteiger partial charge is 0.476 e. The number of hydrogen-bond acceptors (Lipinski definition) is 4. The van der Waals surface area contributed by atoms with Crippen LogP contribution in [0, 0.1) is 5.82 Å². The van der Waals surface area contributed by atoms with Crippen LogP contribution < -0.4 is 10.5 Å². The summed E-state index contributed by atoms with van der Waals surface area (Å²) in [4.78, 5) is 22.1. The highest BCUT2D eigenvalue weighted by molar-refractivity contribution is 5.83. The maximum atomic E-state index is 12.7. The van der Waals surface area contributed by atoms with Gasteiger partial charge < -0.3 is 15.2 Å². The van der Waals surface area contributed by atoms with Crippen molar-refractivity contribution in [3.63, 3.8) is 0 Å². The lowest BCUT2D eigenvalue weighted by atomic mass is 10.1. The van der Waals surface area contributed by atoms with E-state index in [-0.39, 0.29) is 0 Å². The molecule has 0 aliphatic rings. The van der Waals surface area contributed by atoms with E-state index >= 15 is 0 Å². The summed E-state index contributed by atoms with van der Waals surface area (Å²) in [6, 6.07) is 5.19. The van der Waals surface area contributed by atoms with Gasteiger partial charge in [-0.25, -0.2) is 9.18 Å². The highest BCUT2D eigenvalue weighted by Gasteiger charge is 2.32. The molecular formula is C12H14FNO4. The molecule has 5 nitrogen and oxygen atoms in total. The second-order valence-corrected chi connectivity index (χ2v) is 4.11. The van der Waals surface area contributed by atoms with Crippen LogP contribution in [0.3, 0.4) is 0 Å². The van der Waals surface area contributed by atoms with E-state index < -0.39 is 29.9 Å². The third-order valence-electron chi connectivity index (χ3n) is 2.02. The fraction of sp³-hybridized carbons (Fsp3) is 0.333. The molecule has 1 amide bonds. The van der Waals surface area contributed by atoms with Gasteiger partial charge in [0.05, 0.1) is 0 Å². The average molecular weight is 255 g/mol.